The van der Waals surface area contributed by atoms with Gasteiger partial charge in [-0.1, -0.05) is 25.1 Å². The number of nitrogens with one attached hydrogen (secondary N) is 2. The number of nitrogens with zero attached hydrogens (tertiary/aromatic N) is 1. The summed E-state index contributed by atoms with van der Waals surface area (Å²) in [6.45, 7) is 2.52. The van der Waals surface area contributed by atoms with Crippen LogP contribution in [-0.4, -0.2) is 39.8 Å². The van der Waals surface area contributed by atoms with E-state index in [2.05, 4.69) is 22.5 Å². The fourth-order valence-corrected chi connectivity index (χ4v) is 3.12. The molecule has 0 spiro atoms. The predicted molar refractivity (Wildman–Crippen MR) is 80.6 cm³/mol. The maximum Gasteiger partial charge on any atom is 0.191 e. The third kappa shape index (κ3) is 3.96. The summed E-state index contributed by atoms with van der Waals surface area (Å²) < 4.78 is 24.2. The summed E-state index contributed by atoms with van der Waals surface area (Å²) in [5, 5.41) is 6.31. The molecular formula is C14H21N3O2S. The Hall–Kier alpha value is -1.56. The SMILES string of the molecule is CN=C(NCCS(=O)(=O)c1ccccc1)NC1CC1C. The van der Waals surface area contributed by atoms with Crippen molar-refractivity contribution < 1.29 is 8.42 Å². The molecule has 0 heterocycles. The molecule has 0 bridgehead atoms. The first-order valence-electron chi connectivity index (χ1n) is 6.78. The summed E-state index contributed by atoms with van der Waals surface area (Å²) in [4.78, 5) is 4.46. The van der Waals surface area contributed by atoms with E-state index >= 15 is 0 Å². The molecule has 1 aromatic rings. The number of rotatable bonds is 5. The standard InChI is InChI=1S/C14H21N3O2S/c1-11-10-13(11)17-14(15-2)16-8-9-20(18,19)12-6-4-3-5-7-12/h3-7,11,13H,8-10H2,1-2H3,(H2,15,16,17). The molecule has 1 saturated carbocycles. The van der Waals surface area contributed by atoms with Gasteiger partial charge in [-0.2, -0.15) is 0 Å². The van der Waals surface area contributed by atoms with E-state index in [1.54, 1.807) is 37.4 Å². The van der Waals surface area contributed by atoms with Crippen LogP contribution in [0.25, 0.3) is 0 Å². The fourth-order valence-electron chi connectivity index (χ4n) is 1.94. The van der Waals surface area contributed by atoms with Crippen molar-refractivity contribution in [1.82, 2.24) is 10.6 Å². The van der Waals surface area contributed by atoms with Crippen LogP contribution in [0.2, 0.25) is 0 Å². The van der Waals surface area contributed by atoms with Crippen LogP contribution >= 0.6 is 0 Å². The molecule has 1 fully saturated rings. The minimum Gasteiger partial charge on any atom is -0.355 e. The largest absolute Gasteiger partial charge is 0.355 e. The van der Waals surface area contributed by atoms with E-state index in [0.717, 1.165) is 6.42 Å². The molecule has 2 unspecified atom stereocenters. The average molecular weight is 295 g/mol. The van der Waals surface area contributed by atoms with Crippen molar-refractivity contribution in [2.45, 2.75) is 24.3 Å². The third-order valence-electron chi connectivity index (χ3n) is 3.42. The van der Waals surface area contributed by atoms with Crippen molar-refractivity contribution in [3.63, 3.8) is 0 Å². The Bertz CT molecular complexity index is 569. The van der Waals surface area contributed by atoms with Gasteiger partial charge in [-0.05, 0) is 24.5 Å². The molecule has 5 nitrogen and oxygen atoms in total. The number of guanidine groups is 1. The van der Waals surface area contributed by atoms with Crippen molar-refractivity contribution in [2.75, 3.05) is 19.3 Å². The lowest BCUT2D eigenvalue weighted by molar-refractivity contribution is 0.594. The normalized spacial score (nSPS) is 22.4. The zero-order valence-corrected chi connectivity index (χ0v) is 12.7. The molecule has 2 rings (SSSR count). The molecule has 0 radical (unpaired) electrons. The molecule has 0 aromatic heterocycles. The second-order valence-electron chi connectivity index (χ2n) is 5.09. The van der Waals surface area contributed by atoms with Gasteiger partial charge in [-0.25, -0.2) is 8.42 Å². The maximum atomic E-state index is 12.1. The zero-order chi connectivity index (χ0) is 14.6. The fraction of sp³-hybridized carbons (Fsp3) is 0.500. The van der Waals surface area contributed by atoms with Gasteiger partial charge in [-0.3, -0.25) is 4.99 Å². The van der Waals surface area contributed by atoms with Gasteiger partial charge in [0.2, 0.25) is 0 Å². The Kier molecular flexibility index (Phi) is 4.65. The van der Waals surface area contributed by atoms with Crippen molar-refractivity contribution in [2.24, 2.45) is 10.9 Å². The Morgan fingerprint density at radius 1 is 1.35 bits per heavy atom. The zero-order valence-electron chi connectivity index (χ0n) is 11.8. The van der Waals surface area contributed by atoms with Crippen LogP contribution in [-0.2, 0) is 9.84 Å². The van der Waals surface area contributed by atoms with Crippen LogP contribution in [0.1, 0.15) is 13.3 Å². The van der Waals surface area contributed by atoms with Crippen LogP contribution in [0.4, 0.5) is 0 Å². The second kappa shape index (κ2) is 6.26. The molecule has 20 heavy (non-hydrogen) atoms. The summed E-state index contributed by atoms with van der Waals surface area (Å²) in [6, 6.07) is 8.97. The van der Waals surface area contributed by atoms with Gasteiger partial charge in [0, 0.05) is 19.6 Å². The first kappa shape index (κ1) is 14.8. The van der Waals surface area contributed by atoms with Crippen LogP contribution in [0.5, 0.6) is 0 Å². The number of hydrogen-bond donors (Lipinski definition) is 2. The molecule has 1 aliphatic rings. The van der Waals surface area contributed by atoms with Gasteiger partial charge in [-0.15, -0.1) is 0 Å². The van der Waals surface area contributed by atoms with Crippen molar-refractivity contribution in [3.05, 3.63) is 30.3 Å². The van der Waals surface area contributed by atoms with E-state index in [4.69, 9.17) is 0 Å². The summed E-state index contributed by atoms with van der Waals surface area (Å²) in [5.41, 5.74) is 0. The Balaban J connectivity index is 1.83. The highest BCUT2D eigenvalue weighted by molar-refractivity contribution is 7.91. The number of benzene rings is 1. The minimum absolute atomic E-state index is 0.0535. The molecule has 1 aliphatic carbocycles. The van der Waals surface area contributed by atoms with Crippen molar-refractivity contribution in [3.8, 4) is 0 Å². The molecule has 2 atom stereocenters. The van der Waals surface area contributed by atoms with Gasteiger partial charge in [0.15, 0.2) is 15.8 Å². The highest BCUT2D eigenvalue weighted by atomic mass is 32.2. The molecule has 110 valence electrons. The van der Waals surface area contributed by atoms with Crippen molar-refractivity contribution in [1.29, 1.82) is 0 Å². The molecule has 1 aromatic carbocycles. The van der Waals surface area contributed by atoms with Crippen LogP contribution in [0.15, 0.2) is 40.2 Å². The quantitative estimate of drug-likeness (QED) is 0.629. The molecule has 0 amide bonds. The van der Waals surface area contributed by atoms with Crippen LogP contribution < -0.4 is 10.6 Å². The van der Waals surface area contributed by atoms with Gasteiger partial charge >= 0.3 is 0 Å². The van der Waals surface area contributed by atoms with E-state index in [1.165, 1.54) is 0 Å². The monoisotopic (exact) mass is 295 g/mol. The first-order valence-corrected chi connectivity index (χ1v) is 8.43. The lowest BCUT2D eigenvalue weighted by Gasteiger charge is -2.11. The summed E-state index contributed by atoms with van der Waals surface area (Å²) in [6.07, 6.45) is 1.14. The molecule has 0 aliphatic heterocycles. The second-order valence-corrected chi connectivity index (χ2v) is 7.20. The Morgan fingerprint density at radius 3 is 2.55 bits per heavy atom. The topological polar surface area (TPSA) is 70.6 Å². The van der Waals surface area contributed by atoms with Gasteiger partial charge < -0.3 is 10.6 Å². The summed E-state index contributed by atoms with van der Waals surface area (Å²) in [5.74, 6) is 1.39. The molecule has 2 N–H and O–H groups in total. The first-order chi connectivity index (χ1) is 9.53. The summed E-state index contributed by atoms with van der Waals surface area (Å²) in [7, 11) is -1.54. The highest BCUT2D eigenvalue weighted by Crippen LogP contribution is 2.28. The predicted octanol–water partition coefficient (Wildman–Crippen LogP) is 1.03. The van der Waals surface area contributed by atoms with E-state index in [1.807, 2.05) is 0 Å². The molecular weight excluding hydrogens is 274 g/mol. The highest BCUT2D eigenvalue weighted by Gasteiger charge is 2.33. The van der Waals surface area contributed by atoms with Gasteiger partial charge in [0.05, 0.1) is 10.6 Å². The van der Waals surface area contributed by atoms with E-state index < -0.39 is 9.84 Å². The minimum atomic E-state index is -3.23. The smallest absolute Gasteiger partial charge is 0.191 e. The Labute approximate surface area is 120 Å². The van der Waals surface area contributed by atoms with E-state index in [9.17, 15) is 8.42 Å². The number of sulfone groups is 1. The van der Waals surface area contributed by atoms with Crippen LogP contribution in [0, 0.1) is 5.92 Å². The van der Waals surface area contributed by atoms with Gasteiger partial charge in [0.25, 0.3) is 0 Å². The maximum absolute atomic E-state index is 12.1. The number of aliphatic imine (C=N–C) groups is 1. The average Bonchev–Trinajstić information content (AvgIpc) is 3.14. The lowest BCUT2D eigenvalue weighted by atomic mass is 10.4. The van der Waals surface area contributed by atoms with E-state index in [0.29, 0.717) is 29.4 Å². The van der Waals surface area contributed by atoms with E-state index in [-0.39, 0.29) is 5.75 Å². The third-order valence-corrected chi connectivity index (χ3v) is 5.15. The number of hydrogen-bond acceptors (Lipinski definition) is 3. The summed E-state index contributed by atoms with van der Waals surface area (Å²) >= 11 is 0. The van der Waals surface area contributed by atoms with Gasteiger partial charge in [0.1, 0.15) is 0 Å². The lowest BCUT2D eigenvalue weighted by Crippen LogP contribution is -2.41. The molecule has 6 heteroatoms. The Morgan fingerprint density at radius 2 is 2.00 bits per heavy atom. The van der Waals surface area contributed by atoms with Crippen molar-refractivity contribution >= 4 is 15.8 Å². The van der Waals surface area contributed by atoms with Crippen LogP contribution in [0.3, 0.4) is 0 Å². The molecule has 0 saturated heterocycles.